The van der Waals surface area contributed by atoms with E-state index in [9.17, 15) is 19.2 Å². The predicted octanol–water partition coefficient (Wildman–Crippen LogP) is 4.79. The van der Waals surface area contributed by atoms with Gasteiger partial charge in [-0.25, -0.2) is 4.79 Å². The molecule has 0 bridgehead atoms. The number of unbranched alkanes of at least 4 members (excludes halogenated alkanes) is 5. The van der Waals surface area contributed by atoms with Gasteiger partial charge in [-0.2, -0.15) is 12.6 Å². The summed E-state index contributed by atoms with van der Waals surface area (Å²) in [6.45, 7) is 9.54. The molecule has 2 unspecified atom stereocenters. The Hall–Kier alpha value is -3.19. The SMILES string of the molecule is C#Cc1ccccc1C(C(=O)NCCC(=O)OCC)N(CCCCCCCC)C(=O)C(CS)NC(=O)OC(C)(C)C. The molecule has 2 N–H and O–H groups in total. The molecule has 0 aliphatic heterocycles. The number of benzene rings is 1. The van der Waals surface area contributed by atoms with Crippen LogP contribution in [-0.2, 0) is 23.9 Å². The Morgan fingerprint density at radius 3 is 2.32 bits per heavy atom. The zero-order valence-electron chi connectivity index (χ0n) is 25.2. The number of thiol groups is 1. The number of amides is 3. The van der Waals surface area contributed by atoms with Crippen molar-refractivity contribution >= 4 is 36.5 Å². The first kappa shape index (κ1) is 35.8. The lowest BCUT2D eigenvalue weighted by molar-refractivity contribution is -0.144. The predicted molar refractivity (Wildman–Crippen MR) is 163 cm³/mol. The van der Waals surface area contributed by atoms with E-state index in [1.165, 1.54) is 4.90 Å². The normalized spacial score (nSPS) is 12.4. The van der Waals surface area contributed by atoms with Gasteiger partial charge < -0.3 is 25.0 Å². The van der Waals surface area contributed by atoms with E-state index in [0.29, 0.717) is 17.5 Å². The number of carbonyl (C=O) groups is 4. The van der Waals surface area contributed by atoms with E-state index in [0.717, 1.165) is 32.1 Å². The molecule has 0 radical (unpaired) electrons. The average molecular weight is 590 g/mol. The fourth-order valence-electron chi connectivity index (χ4n) is 4.20. The van der Waals surface area contributed by atoms with Gasteiger partial charge in [0.05, 0.1) is 13.0 Å². The highest BCUT2D eigenvalue weighted by molar-refractivity contribution is 7.80. The van der Waals surface area contributed by atoms with Gasteiger partial charge in [0.25, 0.3) is 0 Å². The lowest BCUT2D eigenvalue weighted by Gasteiger charge is -2.34. The number of esters is 1. The van der Waals surface area contributed by atoms with Crippen molar-refractivity contribution in [1.29, 1.82) is 0 Å². The molecule has 0 aliphatic carbocycles. The summed E-state index contributed by atoms with van der Waals surface area (Å²) in [4.78, 5) is 53.6. The Kier molecular flexibility index (Phi) is 16.6. The number of hydrogen-bond acceptors (Lipinski definition) is 7. The second kappa shape index (κ2) is 19.0. The van der Waals surface area contributed by atoms with Crippen LogP contribution in [0.2, 0.25) is 0 Å². The molecular formula is C31H47N3O6S. The highest BCUT2D eigenvalue weighted by atomic mass is 32.1. The van der Waals surface area contributed by atoms with Crippen LogP contribution in [0.3, 0.4) is 0 Å². The van der Waals surface area contributed by atoms with E-state index in [1.54, 1.807) is 52.0 Å². The van der Waals surface area contributed by atoms with Crippen molar-refractivity contribution < 1.29 is 28.7 Å². The first-order chi connectivity index (χ1) is 19.5. The third kappa shape index (κ3) is 13.3. The highest BCUT2D eigenvalue weighted by Gasteiger charge is 2.36. The second-order valence-corrected chi connectivity index (χ2v) is 11.0. The molecule has 0 spiro atoms. The number of nitrogens with zero attached hydrogens (tertiary/aromatic N) is 1. The Morgan fingerprint density at radius 1 is 1.05 bits per heavy atom. The van der Waals surface area contributed by atoms with Gasteiger partial charge in [0.2, 0.25) is 11.8 Å². The molecule has 1 aromatic carbocycles. The minimum Gasteiger partial charge on any atom is -0.466 e. The molecule has 0 heterocycles. The average Bonchev–Trinajstić information content (AvgIpc) is 2.91. The summed E-state index contributed by atoms with van der Waals surface area (Å²) >= 11 is 4.33. The van der Waals surface area contributed by atoms with E-state index in [4.69, 9.17) is 15.9 Å². The summed E-state index contributed by atoms with van der Waals surface area (Å²) in [5.74, 6) is 1.17. The van der Waals surface area contributed by atoms with Crippen molar-refractivity contribution in [2.45, 2.75) is 97.2 Å². The molecular weight excluding hydrogens is 542 g/mol. The largest absolute Gasteiger partial charge is 0.466 e. The van der Waals surface area contributed by atoms with Crippen LogP contribution in [0.5, 0.6) is 0 Å². The summed E-state index contributed by atoms with van der Waals surface area (Å²) in [5.41, 5.74) is 0.166. The quantitative estimate of drug-likeness (QED) is 0.104. The van der Waals surface area contributed by atoms with Gasteiger partial charge in [-0.3, -0.25) is 14.4 Å². The number of hydrogen-bond donors (Lipinski definition) is 3. The third-order valence-electron chi connectivity index (χ3n) is 6.11. The molecule has 1 aromatic rings. The monoisotopic (exact) mass is 589 g/mol. The number of terminal acetylenes is 1. The van der Waals surface area contributed by atoms with Gasteiger partial charge in [0, 0.05) is 24.4 Å². The first-order valence-corrected chi connectivity index (χ1v) is 15.0. The maximum Gasteiger partial charge on any atom is 0.408 e. The van der Waals surface area contributed by atoms with Crippen LogP contribution in [0, 0.1) is 12.3 Å². The van der Waals surface area contributed by atoms with E-state index in [2.05, 4.69) is 36.1 Å². The lowest BCUT2D eigenvalue weighted by atomic mass is 9.97. The fourth-order valence-corrected chi connectivity index (χ4v) is 4.45. The minimum atomic E-state index is -1.10. The maximum atomic E-state index is 14.0. The van der Waals surface area contributed by atoms with Crippen molar-refractivity contribution in [3.05, 3.63) is 35.4 Å². The van der Waals surface area contributed by atoms with Crippen LogP contribution < -0.4 is 10.6 Å². The number of rotatable bonds is 17. The molecule has 9 nitrogen and oxygen atoms in total. The van der Waals surface area contributed by atoms with Crippen LogP contribution in [0.1, 0.15) is 96.7 Å². The number of carbonyl (C=O) groups excluding carboxylic acids is 4. The standard InChI is InChI=1S/C31H47N3O6S/c1-7-10-11-12-13-16-21-34(29(37)25(22-41)33-30(38)40-31(4,5)6)27(24-18-15-14-17-23(24)8-2)28(36)32-20-19-26(35)39-9-3/h2,14-15,17-18,25,27,41H,7,9-13,16,19-22H2,1,3-6H3,(H,32,36)(H,33,38). The number of ether oxygens (including phenoxy) is 2. The fraction of sp³-hybridized carbons (Fsp3) is 0.613. The van der Waals surface area contributed by atoms with Crippen molar-refractivity contribution in [3.8, 4) is 12.3 Å². The molecule has 10 heteroatoms. The second-order valence-electron chi connectivity index (χ2n) is 10.7. The molecule has 0 aliphatic rings. The van der Waals surface area contributed by atoms with Gasteiger partial charge >= 0.3 is 12.1 Å². The molecule has 0 fully saturated rings. The molecule has 0 saturated carbocycles. The Labute approximate surface area is 250 Å². The number of alkyl carbamates (subject to hydrolysis) is 1. The van der Waals surface area contributed by atoms with E-state index < -0.39 is 41.6 Å². The summed E-state index contributed by atoms with van der Waals surface area (Å²) in [7, 11) is 0. The van der Waals surface area contributed by atoms with Gasteiger partial charge in [-0.05, 0) is 45.7 Å². The molecule has 228 valence electrons. The Morgan fingerprint density at radius 2 is 1.71 bits per heavy atom. The zero-order chi connectivity index (χ0) is 30.8. The molecule has 0 aromatic heterocycles. The van der Waals surface area contributed by atoms with Crippen LogP contribution in [-0.4, -0.2) is 65.9 Å². The topological polar surface area (TPSA) is 114 Å². The molecule has 1 rings (SSSR count). The van der Waals surface area contributed by atoms with Crippen LogP contribution >= 0.6 is 12.6 Å². The Bertz CT molecular complexity index is 1030. The lowest BCUT2D eigenvalue weighted by Crippen LogP contribution is -2.54. The van der Waals surface area contributed by atoms with E-state index >= 15 is 0 Å². The smallest absolute Gasteiger partial charge is 0.408 e. The summed E-state index contributed by atoms with van der Waals surface area (Å²) in [6, 6.07) is 4.77. The van der Waals surface area contributed by atoms with E-state index in [-0.39, 0.29) is 31.9 Å². The van der Waals surface area contributed by atoms with Gasteiger partial charge in [0.1, 0.15) is 17.7 Å². The minimum absolute atomic E-state index is 0.0148. The third-order valence-corrected chi connectivity index (χ3v) is 6.48. The summed E-state index contributed by atoms with van der Waals surface area (Å²) < 4.78 is 10.3. The van der Waals surface area contributed by atoms with E-state index in [1.807, 2.05) is 0 Å². The van der Waals surface area contributed by atoms with Gasteiger partial charge in [-0.1, -0.05) is 63.1 Å². The van der Waals surface area contributed by atoms with Crippen molar-refractivity contribution in [1.82, 2.24) is 15.5 Å². The van der Waals surface area contributed by atoms with Crippen molar-refractivity contribution in [2.24, 2.45) is 0 Å². The zero-order valence-corrected chi connectivity index (χ0v) is 26.1. The maximum absolute atomic E-state index is 14.0. The van der Waals surface area contributed by atoms with Gasteiger partial charge in [-0.15, -0.1) is 6.42 Å². The highest BCUT2D eigenvalue weighted by Crippen LogP contribution is 2.26. The molecule has 2 atom stereocenters. The summed E-state index contributed by atoms with van der Waals surface area (Å²) in [6.07, 6.45) is 10.8. The molecule has 41 heavy (non-hydrogen) atoms. The van der Waals surface area contributed by atoms with Crippen LogP contribution in [0.25, 0.3) is 0 Å². The summed E-state index contributed by atoms with van der Waals surface area (Å²) in [5, 5.41) is 5.38. The van der Waals surface area contributed by atoms with Crippen LogP contribution in [0.15, 0.2) is 24.3 Å². The first-order valence-electron chi connectivity index (χ1n) is 14.4. The molecule has 3 amide bonds. The Balaban J connectivity index is 3.40. The van der Waals surface area contributed by atoms with Gasteiger partial charge in [0.15, 0.2) is 0 Å². The van der Waals surface area contributed by atoms with Crippen molar-refractivity contribution in [2.75, 3.05) is 25.4 Å². The van der Waals surface area contributed by atoms with Crippen LogP contribution in [0.4, 0.5) is 4.79 Å². The number of nitrogens with one attached hydrogen (secondary N) is 2. The van der Waals surface area contributed by atoms with Crippen molar-refractivity contribution in [3.63, 3.8) is 0 Å². The molecule has 0 saturated heterocycles.